The Morgan fingerprint density at radius 2 is 1.74 bits per heavy atom. The molecule has 4 nitrogen and oxygen atoms in total. The lowest BCUT2D eigenvalue weighted by atomic mass is 9.49. The van der Waals surface area contributed by atoms with E-state index < -0.39 is 5.97 Å². The van der Waals surface area contributed by atoms with E-state index >= 15 is 0 Å². The van der Waals surface area contributed by atoms with Crippen LogP contribution in [0.5, 0.6) is 0 Å². The Kier molecular flexibility index (Phi) is 5.51. The molecule has 4 aliphatic rings. The van der Waals surface area contributed by atoms with Gasteiger partial charge in [0.15, 0.2) is 0 Å². The molecule has 6 atom stereocenters. The van der Waals surface area contributed by atoms with Gasteiger partial charge in [0.05, 0.1) is 5.57 Å². The largest absolute Gasteiger partial charge is 0.478 e. The van der Waals surface area contributed by atoms with E-state index in [1.807, 2.05) is 12.2 Å². The van der Waals surface area contributed by atoms with E-state index in [4.69, 9.17) is 0 Å². The summed E-state index contributed by atoms with van der Waals surface area (Å²) in [6.07, 6.45) is 13.5. The van der Waals surface area contributed by atoms with E-state index in [2.05, 4.69) is 58.6 Å². The zero-order chi connectivity index (χ0) is 22.7. The molecule has 1 amide bonds. The zero-order valence-electron chi connectivity index (χ0n) is 20.0. The molecule has 0 aromatic rings. The molecule has 0 heterocycles. The number of carbonyl (C=O) groups is 2. The highest BCUT2D eigenvalue weighted by molar-refractivity contribution is 5.90. The van der Waals surface area contributed by atoms with Gasteiger partial charge in [-0.25, -0.2) is 4.79 Å². The molecule has 0 spiro atoms. The lowest BCUT2D eigenvalue weighted by Crippen LogP contribution is -2.52. The quantitative estimate of drug-likeness (QED) is 0.637. The lowest BCUT2D eigenvalue weighted by Gasteiger charge is -2.56. The van der Waals surface area contributed by atoms with E-state index in [-0.39, 0.29) is 28.8 Å². The third kappa shape index (κ3) is 3.32. The van der Waals surface area contributed by atoms with E-state index in [1.54, 1.807) is 0 Å². The van der Waals surface area contributed by atoms with Crippen molar-refractivity contribution in [2.75, 3.05) is 0 Å². The first kappa shape index (κ1) is 22.4. The Labute approximate surface area is 187 Å². The van der Waals surface area contributed by atoms with Gasteiger partial charge in [-0.05, 0) is 100 Å². The summed E-state index contributed by atoms with van der Waals surface area (Å²) in [7, 11) is 0. The van der Waals surface area contributed by atoms with Gasteiger partial charge < -0.3 is 10.0 Å². The average Bonchev–Trinajstić information content (AvgIpc) is 3.03. The first-order valence-electron chi connectivity index (χ1n) is 12.2. The van der Waals surface area contributed by atoms with Crippen LogP contribution in [0.4, 0.5) is 0 Å². The SMILES string of the molecule is CC(C)N(C(=O)[C@H]1CC[C@H]2[C@@H]3C=CC4=CC(C(=O)O)=CC[C@]4(C)[C@H]3CC[C@]12C)C(C)C. The molecule has 0 aliphatic heterocycles. The summed E-state index contributed by atoms with van der Waals surface area (Å²) in [6, 6.07) is 0.454. The van der Waals surface area contributed by atoms with Gasteiger partial charge in [0.2, 0.25) is 5.91 Å². The minimum atomic E-state index is -0.835. The number of carboxylic acids is 1. The maximum Gasteiger partial charge on any atom is 0.335 e. The van der Waals surface area contributed by atoms with Crippen molar-refractivity contribution in [3.05, 3.63) is 35.5 Å². The third-order valence-electron chi connectivity index (χ3n) is 9.28. The number of hydrogen-bond acceptors (Lipinski definition) is 2. The number of amides is 1. The number of fused-ring (bicyclic) bond motifs is 5. The molecule has 4 rings (SSSR count). The summed E-state index contributed by atoms with van der Waals surface area (Å²) in [5.41, 5.74) is 1.65. The first-order valence-corrected chi connectivity index (χ1v) is 12.2. The monoisotopic (exact) mass is 425 g/mol. The van der Waals surface area contributed by atoms with Crippen molar-refractivity contribution < 1.29 is 14.7 Å². The molecule has 0 aromatic carbocycles. The molecule has 170 valence electrons. The van der Waals surface area contributed by atoms with Crippen molar-refractivity contribution in [3.63, 3.8) is 0 Å². The van der Waals surface area contributed by atoms with Crippen LogP contribution in [0.1, 0.15) is 73.6 Å². The fourth-order valence-electron chi connectivity index (χ4n) is 7.70. The Balaban J connectivity index is 1.63. The maximum absolute atomic E-state index is 13.7. The number of hydrogen-bond donors (Lipinski definition) is 1. The molecule has 4 aliphatic carbocycles. The van der Waals surface area contributed by atoms with Crippen LogP contribution in [-0.4, -0.2) is 34.0 Å². The van der Waals surface area contributed by atoms with E-state index in [0.29, 0.717) is 29.2 Å². The summed E-state index contributed by atoms with van der Waals surface area (Å²) >= 11 is 0. The average molecular weight is 426 g/mol. The second kappa shape index (κ2) is 7.64. The van der Waals surface area contributed by atoms with Crippen LogP contribution in [0, 0.1) is 34.5 Å². The highest BCUT2D eigenvalue weighted by atomic mass is 16.4. The van der Waals surface area contributed by atoms with E-state index in [1.165, 1.54) is 5.57 Å². The molecule has 1 N–H and O–H groups in total. The summed E-state index contributed by atoms with van der Waals surface area (Å²) in [5.74, 6) is 1.16. The summed E-state index contributed by atoms with van der Waals surface area (Å²) in [5, 5.41) is 9.43. The molecule has 0 unspecified atom stereocenters. The second-order valence-corrected chi connectivity index (χ2v) is 11.4. The number of nitrogens with zero attached hydrogens (tertiary/aromatic N) is 1. The van der Waals surface area contributed by atoms with Crippen LogP contribution in [0.25, 0.3) is 0 Å². The zero-order valence-corrected chi connectivity index (χ0v) is 20.0. The van der Waals surface area contributed by atoms with Crippen molar-refractivity contribution in [2.45, 2.75) is 85.7 Å². The van der Waals surface area contributed by atoms with Crippen LogP contribution in [-0.2, 0) is 9.59 Å². The highest BCUT2D eigenvalue weighted by Gasteiger charge is 2.59. The molecule has 2 fully saturated rings. The number of rotatable bonds is 4. The number of carboxylic acid groups (broad SMARTS) is 1. The van der Waals surface area contributed by atoms with Gasteiger partial charge in [-0.3, -0.25) is 4.79 Å². The van der Waals surface area contributed by atoms with Crippen LogP contribution < -0.4 is 0 Å². The molecule has 2 saturated carbocycles. The molecular formula is C27H39NO3. The van der Waals surface area contributed by atoms with Crippen molar-refractivity contribution in [1.82, 2.24) is 4.90 Å². The van der Waals surface area contributed by atoms with Gasteiger partial charge in [0, 0.05) is 18.0 Å². The summed E-state index contributed by atoms with van der Waals surface area (Å²) in [6.45, 7) is 13.2. The van der Waals surface area contributed by atoms with Gasteiger partial charge in [-0.1, -0.05) is 32.1 Å². The van der Waals surface area contributed by atoms with Gasteiger partial charge in [0.1, 0.15) is 0 Å². The molecular weight excluding hydrogens is 386 g/mol. The molecule has 4 heteroatoms. The normalized spacial score (nSPS) is 38.8. The maximum atomic E-state index is 13.7. The van der Waals surface area contributed by atoms with Crippen molar-refractivity contribution >= 4 is 11.9 Å². The summed E-state index contributed by atoms with van der Waals surface area (Å²) in [4.78, 5) is 27.3. The number of carbonyl (C=O) groups excluding carboxylic acids is 1. The Hall–Kier alpha value is -1.84. The minimum Gasteiger partial charge on any atom is -0.478 e. The fraction of sp³-hybridized carbons (Fsp3) is 0.704. The predicted octanol–water partition coefficient (Wildman–Crippen LogP) is 5.61. The Morgan fingerprint density at radius 1 is 1.06 bits per heavy atom. The van der Waals surface area contributed by atoms with E-state index in [0.717, 1.165) is 32.1 Å². The smallest absolute Gasteiger partial charge is 0.335 e. The van der Waals surface area contributed by atoms with Gasteiger partial charge >= 0.3 is 5.97 Å². The van der Waals surface area contributed by atoms with Crippen LogP contribution in [0.3, 0.4) is 0 Å². The van der Waals surface area contributed by atoms with Gasteiger partial charge in [0.25, 0.3) is 0 Å². The van der Waals surface area contributed by atoms with Crippen molar-refractivity contribution in [3.8, 4) is 0 Å². The molecule has 31 heavy (non-hydrogen) atoms. The van der Waals surface area contributed by atoms with Crippen LogP contribution >= 0.6 is 0 Å². The fourth-order valence-corrected chi connectivity index (χ4v) is 7.70. The molecule has 0 saturated heterocycles. The molecule has 0 aromatic heterocycles. The Morgan fingerprint density at radius 3 is 2.35 bits per heavy atom. The van der Waals surface area contributed by atoms with Crippen molar-refractivity contribution in [1.29, 1.82) is 0 Å². The van der Waals surface area contributed by atoms with Crippen LogP contribution in [0.15, 0.2) is 35.5 Å². The number of allylic oxidation sites excluding steroid dienone is 4. The van der Waals surface area contributed by atoms with Crippen molar-refractivity contribution in [2.24, 2.45) is 34.5 Å². The van der Waals surface area contributed by atoms with Gasteiger partial charge in [-0.2, -0.15) is 0 Å². The summed E-state index contributed by atoms with van der Waals surface area (Å²) < 4.78 is 0. The Bertz CT molecular complexity index is 858. The van der Waals surface area contributed by atoms with Gasteiger partial charge in [-0.15, -0.1) is 0 Å². The highest BCUT2D eigenvalue weighted by Crippen LogP contribution is 2.65. The van der Waals surface area contributed by atoms with E-state index in [9.17, 15) is 14.7 Å². The third-order valence-corrected chi connectivity index (χ3v) is 9.28. The number of aliphatic carboxylic acids is 1. The standard InChI is InChI=1S/C27H39NO3/c1-16(2)28(17(3)4)24(29)23-10-9-21-20-8-7-19-15-18(25(30)31)11-13-26(19,5)22(20)12-14-27(21,23)6/h7-8,11,15-17,20-23H,9-10,12-14H2,1-6H3,(H,30,31)/t20-,21-,22-,23+,26-,27-/m0/s1. The molecule has 0 radical (unpaired) electrons. The van der Waals surface area contributed by atoms with Crippen LogP contribution in [0.2, 0.25) is 0 Å². The first-order chi connectivity index (χ1) is 14.5. The predicted molar refractivity (Wildman–Crippen MR) is 123 cm³/mol. The lowest BCUT2D eigenvalue weighted by molar-refractivity contribution is -0.145. The second-order valence-electron chi connectivity index (χ2n) is 11.4. The molecule has 0 bridgehead atoms. The topological polar surface area (TPSA) is 57.6 Å². The minimum absolute atomic E-state index is 0.00366.